The van der Waals surface area contributed by atoms with Crippen LogP contribution in [0.25, 0.3) is 11.5 Å². The first-order valence-corrected chi connectivity index (χ1v) is 7.75. The van der Waals surface area contributed by atoms with Crippen LogP contribution in [0.5, 0.6) is 0 Å². The predicted octanol–water partition coefficient (Wildman–Crippen LogP) is 4.06. The molecule has 1 aliphatic carbocycles. The molecule has 2 N–H and O–H groups in total. The minimum Gasteiger partial charge on any atom is -0.334 e. The molecular weight excluding hydrogens is 286 g/mol. The number of rotatable bonds is 2. The van der Waals surface area contributed by atoms with Crippen molar-refractivity contribution in [1.29, 1.82) is 0 Å². The second kappa shape index (κ2) is 5.43. The number of nitrogens with zero attached hydrogens (tertiary/aromatic N) is 2. The Labute approximate surface area is 129 Å². The topological polar surface area (TPSA) is 64.9 Å². The van der Waals surface area contributed by atoms with Gasteiger partial charge in [-0.2, -0.15) is 4.98 Å². The van der Waals surface area contributed by atoms with Gasteiger partial charge in [0.2, 0.25) is 0 Å². The lowest BCUT2D eigenvalue weighted by Crippen LogP contribution is -2.41. The van der Waals surface area contributed by atoms with Gasteiger partial charge in [-0.3, -0.25) is 0 Å². The zero-order valence-electron chi connectivity index (χ0n) is 12.4. The van der Waals surface area contributed by atoms with Gasteiger partial charge in [-0.05, 0) is 62.3 Å². The van der Waals surface area contributed by atoms with Gasteiger partial charge in [0.1, 0.15) is 0 Å². The zero-order chi connectivity index (χ0) is 15.0. The summed E-state index contributed by atoms with van der Waals surface area (Å²) in [6, 6.07) is 5.71. The maximum Gasteiger partial charge on any atom is 0.258 e. The SMILES string of the molecule is Cc1cc(Cl)cc(-c2nc(C3(N)CCC(C)CC3)no2)c1. The molecule has 21 heavy (non-hydrogen) atoms. The van der Waals surface area contributed by atoms with E-state index in [-0.39, 0.29) is 0 Å². The highest BCUT2D eigenvalue weighted by molar-refractivity contribution is 6.30. The van der Waals surface area contributed by atoms with Gasteiger partial charge in [0.25, 0.3) is 5.89 Å². The number of aromatic nitrogens is 2. The first-order chi connectivity index (χ1) is 9.96. The largest absolute Gasteiger partial charge is 0.334 e. The van der Waals surface area contributed by atoms with Crippen molar-refractivity contribution < 1.29 is 4.52 Å². The molecule has 1 heterocycles. The molecular formula is C16H20ClN3O. The smallest absolute Gasteiger partial charge is 0.258 e. The Hall–Kier alpha value is -1.39. The molecule has 1 aliphatic rings. The van der Waals surface area contributed by atoms with E-state index in [0.717, 1.165) is 42.7 Å². The van der Waals surface area contributed by atoms with Gasteiger partial charge in [-0.15, -0.1) is 0 Å². The van der Waals surface area contributed by atoms with Crippen molar-refractivity contribution in [3.8, 4) is 11.5 Å². The molecule has 0 saturated heterocycles. The number of aryl methyl sites for hydroxylation is 1. The molecule has 0 radical (unpaired) electrons. The summed E-state index contributed by atoms with van der Waals surface area (Å²) in [4.78, 5) is 4.52. The van der Waals surface area contributed by atoms with Crippen molar-refractivity contribution >= 4 is 11.6 Å². The molecule has 1 aromatic carbocycles. The highest BCUT2D eigenvalue weighted by Gasteiger charge is 2.36. The van der Waals surface area contributed by atoms with Crippen molar-refractivity contribution in [2.75, 3.05) is 0 Å². The fraction of sp³-hybridized carbons (Fsp3) is 0.500. The Morgan fingerprint density at radius 1 is 1.29 bits per heavy atom. The molecule has 0 atom stereocenters. The second-order valence-corrected chi connectivity index (χ2v) is 6.72. The lowest BCUT2D eigenvalue weighted by Gasteiger charge is -2.33. The third-order valence-corrected chi connectivity index (χ3v) is 4.55. The van der Waals surface area contributed by atoms with E-state index in [1.807, 2.05) is 25.1 Å². The maximum atomic E-state index is 6.48. The van der Waals surface area contributed by atoms with Crippen LogP contribution in [0.15, 0.2) is 22.7 Å². The van der Waals surface area contributed by atoms with Crippen LogP contribution in [-0.4, -0.2) is 10.1 Å². The van der Waals surface area contributed by atoms with E-state index < -0.39 is 5.54 Å². The van der Waals surface area contributed by atoms with Crippen LogP contribution in [0, 0.1) is 12.8 Å². The first kappa shape index (κ1) is 14.5. The van der Waals surface area contributed by atoms with E-state index in [2.05, 4.69) is 17.1 Å². The van der Waals surface area contributed by atoms with Crippen LogP contribution >= 0.6 is 11.6 Å². The summed E-state index contributed by atoms with van der Waals surface area (Å²) >= 11 is 6.08. The van der Waals surface area contributed by atoms with Gasteiger partial charge in [0.05, 0.1) is 5.54 Å². The molecule has 4 nitrogen and oxygen atoms in total. The lowest BCUT2D eigenvalue weighted by atomic mass is 9.77. The number of hydrogen-bond donors (Lipinski definition) is 1. The van der Waals surface area contributed by atoms with Crippen molar-refractivity contribution in [2.45, 2.75) is 45.1 Å². The average Bonchev–Trinajstić information content (AvgIpc) is 2.92. The third kappa shape index (κ3) is 2.97. The monoisotopic (exact) mass is 305 g/mol. The molecule has 1 saturated carbocycles. The molecule has 0 unspecified atom stereocenters. The van der Waals surface area contributed by atoms with Crippen molar-refractivity contribution in [1.82, 2.24) is 10.1 Å². The Balaban J connectivity index is 1.89. The fourth-order valence-electron chi connectivity index (χ4n) is 2.90. The van der Waals surface area contributed by atoms with Gasteiger partial charge in [-0.25, -0.2) is 0 Å². The summed E-state index contributed by atoms with van der Waals surface area (Å²) in [6.45, 7) is 4.25. The zero-order valence-corrected chi connectivity index (χ0v) is 13.2. The normalized spacial score (nSPS) is 26.0. The predicted molar refractivity (Wildman–Crippen MR) is 83.0 cm³/mol. The van der Waals surface area contributed by atoms with Crippen LogP contribution in [0.4, 0.5) is 0 Å². The minimum atomic E-state index is -0.456. The lowest BCUT2D eigenvalue weighted by molar-refractivity contribution is 0.230. The summed E-state index contributed by atoms with van der Waals surface area (Å²) in [6.07, 6.45) is 4.02. The Morgan fingerprint density at radius 2 is 2.00 bits per heavy atom. The van der Waals surface area contributed by atoms with E-state index in [1.54, 1.807) is 0 Å². The average molecular weight is 306 g/mol. The van der Waals surface area contributed by atoms with Crippen LogP contribution < -0.4 is 5.73 Å². The molecule has 112 valence electrons. The third-order valence-electron chi connectivity index (χ3n) is 4.33. The van der Waals surface area contributed by atoms with E-state index in [1.165, 1.54) is 0 Å². The van der Waals surface area contributed by atoms with Crippen molar-refractivity contribution in [3.63, 3.8) is 0 Å². The molecule has 1 aromatic heterocycles. The number of benzene rings is 1. The van der Waals surface area contributed by atoms with Gasteiger partial charge >= 0.3 is 0 Å². The molecule has 1 fully saturated rings. The minimum absolute atomic E-state index is 0.456. The van der Waals surface area contributed by atoms with Crippen LogP contribution in [0.1, 0.15) is 44.0 Å². The molecule has 0 spiro atoms. The highest BCUT2D eigenvalue weighted by Crippen LogP contribution is 2.36. The molecule has 0 aliphatic heterocycles. The fourth-order valence-corrected chi connectivity index (χ4v) is 3.19. The van der Waals surface area contributed by atoms with Crippen molar-refractivity contribution in [2.24, 2.45) is 11.7 Å². The van der Waals surface area contributed by atoms with Gasteiger partial charge in [0.15, 0.2) is 5.82 Å². The molecule has 0 bridgehead atoms. The molecule has 3 rings (SSSR count). The van der Waals surface area contributed by atoms with Crippen LogP contribution in [-0.2, 0) is 5.54 Å². The quantitative estimate of drug-likeness (QED) is 0.908. The number of halogens is 1. The first-order valence-electron chi connectivity index (χ1n) is 7.37. The summed E-state index contributed by atoms with van der Waals surface area (Å²) in [5.74, 6) is 1.82. The Morgan fingerprint density at radius 3 is 2.67 bits per heavy atom. The van der Waals surface area contributed by atoms with E-state index in [0.29, 0.717) is 16.7 Å². The Bertz CT molecular complexity index is 624. The summed E-state index contributed by atoms with van der Waals surface area (Å²) in [5, 5.41) is 4.78. The molecule has 0 amide bonds. The van der Waals surface area contributed by atoms with Crippen LogP contribution in [0.2, 0.25) is 5.02 Å². The highest BCUT2D eigenvalue weighted by atomic mass is 35.5. The number of hydrogen-bond acceptors (Lipinski definition) is 4. The molecule has 5 heteroatoms. The molecule has 2 aromatic rings. The standard InChI is InChI=1S/C16H20ClN3O/c1-10-3-5-16(18,6-4-10)15-19-14(21-20-15)12-7-11(2)8-13(17)9-12/h7-10H,3-6,18H2,1-2H3. The summed E-state index contributed by atoms with van der Waals surface area (Å²) in [7, 11) is 0. The maximum absolute atomic E-state index is 6.48. The van der Waals surface area contributed by atoms with Crippen LogP contribution in [0.3, 0.4) is 0 Å². The van der Waals surface area contributed by atoms with Gasteiger partial charge in [-0.1, -0.05) is 23.7 Å². The van der Waals surface area contributed by atoms with E-state index >= 15 is 0 Å². The van der Waals surface area contributed by atoms with E-state index in [4.69, 9.17) is 21.9 Å². The van der Waals surface area contributed by atoms with E-state index in [9.17, 15) is 0 Å². The second-order valence-electron chi connectivity index (χ2n) is 6.28. The van der Waals surface area contributed by atoms with Gasteiger partial charge < -0.3 is 10.3 Å². The van der Waals surface area contributed by atoms with Crippen molar-refractivity contribution in [3.05, 3.63) is 34.6 Å². The summed E-state index contributed by atoms with van der Waals surface area (Å²) < 4.78 is 5.41. The number of nitrogens with two attached hydrogens (primary N) is 1. The Kier molecular flexibility index (Phi) is 3.76. The summed E-state index contributed by atoms with van der Waals surface area (Å²) in [5.41, 5.74) is 7.93. The van der Waals surface area contributed by atoms with Gasteiger partial charge in [0, 0.05) is 10.6 Å².